The van der Waals surface area contributed by atoms with Gasteiger partial charge in [0.15, 0.2) is 5.78 Å². The van der Waals surface area contributed by atoms with Crippen LogP contribution in [0.15, 0.2) is 54.6 Å². The standard InChI is InChI=1S/C16H15ClO2/c17-15-8-6-14(7-9-15)16(18)12-19-11-10-13-4-2-1-3-5-13/h1-9H,10-12H2. The molecule has 2 aromatic rings. The lowest BCUT2D eigenvalue weighted by Crippen LogP contribution is -2.10. The molecule has 0 saturated carbocycles. The van der Waals surface area contributed by atoms with Crippen LogP contribution in [0.2, 0.25) is 5.02 Å². The second-order valence-corrected chi connectivity index (χ2v) is 4.65. The van der Waals surface area contributed by atoms with Crippen LogP contribution in [0.1, 0.15) is 15.9 Å². The first kappa shape index (κ1) is 13.8. The Labute approximate surface area is 118 Å². The Balaban J connectivity index is 1.74. The van der Waals surface area contributed by atoms with Crippen LogP contribution in [0.5, 0.6) is 0 Å². The van der Waals surface area contributed by atoms with Crippen molar-refractivity contribution in [1.82, 2.24) is 0 Å². The number of halogens is 1. The summed E-state index contributed by atoms with van der Waals surface area (Å²) in [6.07, 6.45) is 0.814. The van der Waals surface area contributed by atoms with Crippen molar-refractivity contribution in [1.29, 1.82) is 0 Å². The minimum Gasteiger partial charge on any atom is -0.373 e. The van der Waals surface area contributed by atoms with Gasteiger partial charge in [-0.1, -0.05) is 41.9 Å². The molecule has 0 aliphatic carbocycles. The lowest BCUT2D eigenvalue weighted by atomic mass is 10.1. The van der Waals surface area contributed by atoms with Gasteiger partial charge >= 0.3 is 0 Å². The number of ketones is 1. The minimum absolute atomic E-state index is 0.0234. The molecule has 19 heavy (non-hydrogen) atoms. The molecule has 0 N–H and O–H groups in total. The predicted molar refractivity (Wildman–Crippen MR) is 76.7 cm³/mol. The van der Waals surface area contributed by atoms with E-state index in [1.165, 1.54) is 5.56 Å². The van der Waals surface area contributed by atoms with Crippen LogP contribution in [0, 0.1) is 0 Å². The summed E-state index contributed by atoms with van der Waals surface area (Å²) in [6, 6.07) is 16.9. The van der Waals surface area contributed by atoms with Gasteiger partial charge in [0, 0.05) is 10.6 Å². The fraction of sp³-hybridized carbons (Fsp3) is 0.188. The molecule has 0 aliphatic heterocycles. The number of Topliss-reactive ketones (excluding diaryl/α,β-unsaturated/α-hetero) is 1. The normalized spacial score (nSPS) is 10.4. The van der Waals surface area contributed by atoms with Crippen molar-refractivity contribution in [3.63, 3.8) is 0 Å². The number of benzene rings is 2. The van der Waals surface area contributed by atoms with Crippen molar-refractivity contribution in [3.05, 3.63) is 70.7 Å². The highest BCUT2D eigenvalue weighted by Gasteiger charge is 2.05. The molecule has 0 atom stereocenters. The van der Waals surface area contributed by atoms with E-state index in [1.54, 1.807) is 24.3 Å². The lowest BCUT2D eigenvalue weighted by Gasteiger charge is -2.04. The smallest absolute Gasteiger partial charge is 0.188 e. The average Bonchev–Trinajstić information content (AvgIpc) is 2.45. The summed E-state index contributed by atoms with van der Waals surface area (Å²) in [7, 11) is 0. The summed E-state index contributed by atoms with van der Waals surface area (Å²) in [5, 5.41) is 0.626. The van der Waals surface area contributed by atoms with Gasteiger partial charge in [0.05, 0.1) is 6.61 Å². The average molecular weight is 275 g/mol. The molecule has 0 unspecified atom stereocenters. The molecule has 0 amide bonds. The van der Waals surface area contributed by atoms with E-state index in [2.05, 4.69) is 0 Å². The molecule has 0 saturated heterocycles. The number of carbonyl (C=O) groups is 1. The summed E-state index contributed by atoms with van der Waals surface area (Å²) >= 11 is 5.77. The second kappa shape index (κ2) is 7.07. The summed E-state index contributed by atoms with van der Waals surface area (Å²) in [6.45, 7) is 0.651. The molecule has 98 valence electrons. The highest BCUT2D eigenvalue weighted by Crippen LogP contribution is 2.10. The van der Waals surface area contributed by atoms with Gasteiger partial charge in [-0.05, 0) is 36.2 Å². The van der Waals surface area contributed by atoms with Crippen LogP contribution in [0.4, 0.5) is 0 Å². The van der Waals surface area contributed by atoms with E-state index < -0.39 is 0 Å². The van der Waals surface area contributed by atoms with Gasteiger partial charge in [0.1, 0.15) is 6.61 Å². The van der Waals surface area contributed by atoms with Gasteiger partial charge in [0.25, 0.3) is 0 Å². The molecule has 0 aliphatic rings. The number of rotatable bonds is 6. The van der Waals surface area contributed by atoms with Gasteiger partial charge in [-0.3, -0.25) is 4.79 Å². The SMILES string of the molecule is O=C(COCCc1ccccc1)c1ccc(Cl)cc1. The molecule has 0 bridgehead atoms. The van der Waals surface area contributed by atoms with Crippen LogP contribution in [-0.4, -0.2) is 19.0 Å². The molecule has 0 radical (unpaired) electrons. The molecule has 2 nitrogen and oxygen atoms in total. The van der Waals surface area contributed by atoms with Crippen LogP contribution >= 0.6 is 11.6 Å². The first-order chi connectivity index (χ1) is 9.25. The van der Waals surface area contributed by atoms with E-state index in [4.69, 9.17) is 16.3 Å². The first-order valence-corrected chi connectivity index (χ1v) is 6.54. The zero-order chi connectivity index (χ0) is 13.5. The Kier molecular flexibility index (Phi) is 5.13. The molecule has 0 fully saturated rings. The zero-order valence-corrected chi connectivity index (χ0v) is 11.3. The van der Waals surface area contributed by atoms with Crippen LogP contribution in [0.3, 0.4) is 0 Å². The quantitative estimate of drug-likeness (QED) is 0.592. The number of ether oxygens (including phenoxy) is 1. The fourth-order valence-corrected chi connectivity index (χ4v) is 1.84. The first-order valence-electron chi connectivity index (χ1n) is 6.16. The van der Waals surface area contributed by atoms with Gasteiger partial charge in [-0.2, -0.15) is 0 Å². The second-order valence-electron chi connectivity index (χ2n) is 4.22. The summed E-state index contributed by atoms with van der Waals surface area (Å²) in [5.74, 6) is -0.0234. The molecule has 0 heterocycles. The maximum atomic E-state index is 11.8. The summed E-state index contributed by atoms with van der Waals surface area (Å²) in [5.41, 5.74) is 1.84. The largest absolute Gasteiger partial charge is 0.373 e. The van der Waals surface area contributed by atoms with Crippen molar-refractivity contribution in [2.24, 2.45) is 0 Å². The molecular formula is C16H15ClO2. The molecule has 0 spiro atoms. The van der Waals surface area contributed by atoms with E-state index in [9.17, 15) is 4.79 Å². The topological polar surface area (TPSA) is 26.3 Å². The molecule has 3 heteroatoms. The highest BCUT2D eigenvalue weighted by atomic mass is 35.5. The number of hydrogen-bond donors (Lipinski definition) is 0. The number of hydrogen-bond acceptors (Lipinski definition) is 2. The van der Waals surface area contributed by atoms with E-state index in [-0.39, 0.29) is 12.4 Å². The van der Waals surface area contributed by atoms with Crippen LogP contribution in [-0.2, 0) is 11.2 Å². The summed E-state index contributed by atoms with van der Waals surface area (Å²) < 4.78 is 5.40. The Hall–Kier alpha value is -1.64. The third-order valence-electron chi connectivity index (χ3n) is 2.78. The van der Waals surface area contributed by atoms with Crippen LogP contribution < -0.4 is 0 Å². The van der Waals surface area contributed by atoms with E-state index in [0.717, 1.165) is 6.42 Å². The maximum absolute atomic E-state index is 11.8. The van der Waals surface area contributed by atoms with Crippen molar-refractivity contribution in [2.75, 3.05) is 13.2 Å². The lowest BCUT2D eigenvalue weighted by molar-refractivity contribution is 0.0765. The van der Waals surface area contributed by atoms with E-state index in [0.29, 0.717) is 17.2 Å². The number of carbonyl (C=O) groups excluding carboxylic acids is 1. The van der Waals surface area contributed by atoms with Crippen LogP contribution in [0.25, 0.3) is 0 Å². The minimum atomic E-state index is -0.0234. The van der Waals surface area contributed by atoms with Gasteiger partial charge < -0.3 is 4.74 Å². The van der Waals surface area contributed by atoms with Gasteiger partial charge in [-0.25, -0.2) is 0 Å². The molecule has 0 aromatic heterocycles. The Morgan fingerprint density at radius 3 is 2.37 bits per heavy atom. The highest BCUT2D eigenvalue weighted by molar-refractivity contribution is 6.30. The molecule has 2 rings (SSSR count). The maximum Gasteiger partial charge on any atom is 0.188 e. The third kappa shape index (κ3) is 4.51. The fourth-order valence-electron chi connectivity index (χ4n) is 1.72. The van der Waals surface area contributed by atoms with E-state index >= 15 is 0 Å². The van der Waals surface area contributed by atoms with E-state index in [1.807, 2.05) is 30.3 Å². The Morgan fingerprint density at radius 1 is 1.00 bits per heavy atom. The summed E-state index contributed by atoms with van der Waals surface area (Å²) in [4.78, 5) is 11.8. The Morgan fingerprint density at radius 2 is 1.68 bits per heavy atom. The van der Waals surface area contributed by atoms with Crippen molar-refractivity contribution in [3.8, 4) is 0 Å². The predicted octanol–water partition coefficient (Wildman–Crippen LogP) is 3.78. The molecular weight excluding hydrogens is 260 g/mol. The molecule has 2 aromatic carbocycles. The zero-order valence-electron chi connectivity index (χ0n) is 10.5. The van der Waals surface area contributed by atoms with Crippen molar-refractivity contribution >= 4 is 17.4 Å². The van der Waals surface area contributed by atoms with Gasteiger partial charge in [0.2, 0.25) is 0 Å². The van der Waals surface area contributed by atoms with Crippen molar-refractivity contribution in [2.45, 2.75) is 6.42 Å². The van der Waals surface area contributed by atoms with Gasteiger partial charge in [-0.15, -0.1) is 0 Å². The monoisotopic (exact) mass is 274 g/mol. The van der Waals surface area contributed by atoms with Crippen molar-refractivity contribution < 1.29 is 9.53 Å². The third-order valence-corrected chi connectivity index (χ3v) is 3.03. The Bertz CT molecular complexity index is 520.